The zero-order chi connectivity index (χ0) is 11.5. The van der Waals surface area contributed by atoms with Gasteiger partial charge in [0, 0.05) is 5.92 Å². The quantitative estimate of drug-likeness (QED) is 0.770. The molecule has 86 valence electrons. The number of hydrogen-bond acceptors (Lipinski definition) is 2. The molecule has 2 nitrogen and oxygen atoms in total. The van der Waals surface area contributed by atoms with E-state index >= 15 is 0 Å². The summed E-state index contributed by atoms with van der Waals surface area (Å²) >= 11 is 0. The molecule has 2 heteroatoms. The minimum atomic E-state index is 0.121. The van der Waals surface area contributed by atoms with E-state index in [0.717, 1.165) is 37.7 Å². The van der Waals surface area contributed by atoms with Crippen LogP contribution in [0.4, 0.5) is 0 Å². The summed E-state index contributed by atoms with van der Waals surface area (Å²) in [6.45, 7) is 2.15. The van der Waals surface area contributed by atoms with Gasteiger partial charge in [-0.1, -0.05) is 19.4 Å². The van der Waals surface area contributed by atoms with Gasteiger partial charge in [-0.25, -0.2) is 0 Å². The lowest BCUT2D eigenvalue weighted by Crippen LogP contribution is -2.02. The lowest BCUT2D eigenvalue weighted by molar-refractivity contribution is 0.0965. The molecule has 1 aromatic rings. The standard InChI is InChI=1S/C14H18O2/c1-2-3-4-10-5-8-13(15)12(9-10)14(16)11-6-7-11/h5,8-9,11,15H,2-4,6-7H2,1H3. The summed E-state index contributed by atoms with van der Waals surface area (Å²) < 4.78 is 0. The number of hydrogen-bond donors (Lipinski definition) is 1. The van der Waals surface area contributed by atoms with E-state index in [-0.39, 0.29) is 17.5 Å². The second-order valence-electron chi connectivity index (χ2n) is 4.59. The summed E-state index contributed by atoms with van der Waals surface area (Å²) in [5.41, 5.74) is 1.68. The molecule has 1 aliphatic rings. The van der Waals surface area contributed by atoms with Crippen LogP contribution in [0.25, 0.3) is 0 Å². The molecule has 0 amide bonds. The molecule has 0 atom stereocenters. The molecule has 0 aliphatic heterocycles. The molecule has 1 aromatic carbocycles. The Labute approximate surface area is 96.3 Å². The predicted molar refractivity (Wildman–Crippen MR) is 63.8 cm³/mol. The van der Waals surface area contributed by atoms with Crippen molar-refractivity contribution in [3.63, 3.8) is 0 Å². The average molecular weight is 218 g/mol. The molecule has 16 heavy (non-hydrogen) atoms. The number of benzene rings is 1. The van der Waals surface area contributed by atoms with Gasteiger partial charge in [-0.3, -0.25) is 4.79 Å². The Morgan fingerprint density at radius 1 is 1.44 bits per heavy atom. The van der Waals surface area contributed by atoms with Gasteiger partial charge in [-0.15, -0.1) is 0 Å². The summed E-state index contributed by atoms with van der Waals surface area (Å²) in [6, 6.07) is 5.43. The fourth-order valence-corrected chi connectivity index (χ4v) is 1.88. The van der Waals surface area contributed by atoms with Crippen LogP contribution in [0.3, 0.4) is 0 Å². The third-order valence-electron chi connectivity index (χ3n) is 3.09. The largest absolute Gasteiger partial charge is 0.507 e. The minimum absolute atomic E-state index is 0.121. The first kappa shape index (κ1) is 11.2. The molecule has 1 aliphatic carbocycles. The Kier molecular flexibility index (Phi) is 3.28. The Morgan fingerprint density at radius 3 is 2.81 bits per heavy atom. The van der Waals surface area contributed by atoms with Gasteiger partial charge in [0.15, 0.2) is 5.78 Å². The van der Waals surface area contributed by atoms with E-state index in [4.69, 9.17) is 0 Å². The molecule has 0 heterocycles. The Bertz CT molecular complexity index is 392. The van der Waals surface area contributed by atoms with Crippen LogP contribution in [-0.2, 0) is 6.42 Å². The number of phenols is 1. The van der Waals surface area contributed by atoms with Crippen molar-refractivity contribution in [1.29, 1.82) is 0 Å². The van der Waals surface area contributed by atoms with Crippen molar-refractivity contribution < 1.29 is 9.90 Å². The normalized spacial score (nSPS) is 15.1. The summed E-state index contributed by atoms with van der Waals surface area (Å²) in [7, 11) is 0. The summed E-state index contributed by atoms with van der Waals surface area (Å²) in [5, 5.41) is 9.69. The van der Waals surface area contributed by atoms with Crippen LogP contribution in [0.15, 0.2) is 18.2 Å². The number of Topliss-reactive ketones (excluding diaryl/α,β-unsaturated/α-hetero) is 1. The van der Waals surface area contributed by atoms with E-state index in [1.54, 1.807) is 6.07 Å². The number of aromatic hydroxyl groups is 1. The minimum Gasteiger partial charge on any atom is -0.507 e. The van der Waals surface area contributed by atoms with Gasteiger partial charge in [-0.05, 0) is 43.4 Å². The molecule has 1 N–H and O–H groups in total. The Balaban J connectivity index is 2.18. The highest BCUT2D eigenvalue weighted by Crippen LogP contribution is 2.35. The van der Waals surface area contributed by atoms with Gasteiger partial charge in [0.25, 0.3) is 0 Å². The number of phenolic OH excluding ortho intramolecular Hbond substituents is 1. The van der Waals surface area contributed by atoms with Gasteiger partial charge in [0.1, 0.15) is 5.75 Å². The van der Waals surface area contributed by atoms with Gasteiger partial charge >= 0.3 is 0 Å². The first-order valence-electron chi connectivity index (χ1n) is 6.08. The van der Waals surface area contributed by atoms with Crippen LogP contribution in [0, 0.1) is 5.92 Å². The fraction of sp³-hybridized carbons (Fsp3) is 0.500. The van der Waals surface area contributed by atoms with Crippen molar-refractivity contribution in [3.8, 4) is 5.75 Å². The number of unbranched alkanes of at least 4 members (excludes halogenated alkanes) is 1. The lowest BCUT2D eigenvalue weighted by Gasteiger charge is -2.06. The number of ketones is 1. The lowest BCUT2D eigenvalue weighted by atomic mass is 10.0. The molecular formula is C14H18O2. The topological polar surface area (TPSA) is 37.3 Å². The SMILES string of the molecule is CCCCc1ccc(O)c(C(=O)C2CC2)c1. The first-order chi connectivity index (χ1) is 7.72. The van der Waals surface area contributed by atoms with E-state index in [0.29, 0.717) is 5.56 Å². The fourth-order valence-electron chi connectivity index (χ4n) is 1.88. The van der Waals surface area contributed by atoms with Crippen LogP contribution in [0.1, 0.15) is 48.5 Å². The first-order valence-corrected chi connectivity index (χ1v) is 6.08. The number of carbonyl (C=O) groups is 1. The molecule has 0 saturated heterocycles. The van der Waals surface area contributed by atoms with Gasteiger partial charge in [0.2, 0.25) is 0 Å². The zero-order valence-corrected chi connectivity index (χ0v) is 9.70. The summed E-state index contributed by atoms with van der Waals surface area (Å²) in [5.74, 6) is 0.431. The van der Waals surface area contributed by atoms with Crippen molar-refractivity contribution in [2.75, 3.05) is 0 Å². The molecule has 1 fully saturated rings. The smallest absolute Gasteiger partial charge is 0.169 e. The van der Waals surface area contributed by atoms with Gasteiger partial charge < -0.3 is 5.11 Å². The molecule has 0 unspecified atom stereocenters. The molecule has 0 radical (unpaired) electrons. The predicted octanol–water partition coefficient (Wildman–Crippen LogP) is 3.33. The van der Waals surface area contributed by atoms with E-state index in [1.807, 2.05) is 12.1 Å². The van der Waals surface area contributed by atoms with Crippen molar-refractivity contribution in [1.82, 2.24) is 0 Å². The van der Waals surface area contributed by atoms with Crippen LogP contribution >= 0.6 is 0 Å². The molecule has 0 aromatic heterocycles. The van der Waals surface area contributed by atoms with E-state index in [9.17, 15) is 9.90 Å². The summed E-state index contributed by atoms with van der Waals surface area (Å²) in [6.07, 6.45) is 5.23. The number of carbonyl (C=O) groups excluding carboxylic acids is 1. The van der Waals surface area contributed by atoms with Gasteiger partial charge in [-0.2, -0.15) is 0 Å². The number of rotatable bonds is 5. The Morgan fingerprint density at radius 2 is 2.19 bits per heavy atom. The highest BCUT2D eigenvalue weighted by Gasteiger charge is 2.31. The molecule has 0 bridgehead atoms. The maximum Gasteiger partial charge on any atom is 0.169 e. The highest BCUT2D eigenvalue weighted by atomic mass is 16.3. The molecular weight excluding hydrogens is 200 g/mol. The van der Waals surface area contributed by atoms with Crippen molar-refractivity contribution in [2.24, 2.45) is 5.92 Å². The van der Waals surface area contributed by atoms with Crippen LogP contribution in [0.2, 0.25) is 0 Å². The number of aryl methyl sites for hydroxylation is 1. The van der Waals surface area contributed by atoms with Crippen molar-refractivity contribution in [2.45, 2.75) is 39.0 Å². The average Bonchev–Trinajstić information content (AvgIpc) is 3.11. The molecule has 1 saturated carbocycles. The third kappa shape index (κ3) is 2.43. The molecule has 0 spiro atoms. The van der Waals surface area contributed by atoms with Crippen LogP contribution < -0.4 is 0 Å². The highest BCUT2D eigenvalue weighted by molar-refractivity contribution is 6.01. The van der Waals surface area contributed by atoms with Gasteiger partial charge in [0.05, 0.1) is 5.56 Å². The summed E-state index contributed by atoms with van der Waals surface area (Å²) in [4.78, 5) is 11.9. The second kappa shape index (κ2) is 4.69. The van der Waals surface area contributed by atoms with Crippen LogP contribution in [-0.4, -0.2) is 10.9 Å². The maximum absolute atomic E-state index is 11.9. The second-order valence-corrected chi connectivity index (χ2v) is 4.59. The maximum atomic E-state index is 11.9. The zero-order valence-electron chi connectivity index (χ0n) is 9.70. The van der Waals surface area contributed by atoms with E-state index < -0.39 is 0 Å². The van der Waals surface area contributed by atoms with E-state index in [2.05, 4.69) is 6.92 Å². The van der Waals surface area contributed by atoms with Crippen molar-refractivity contribution >= 4 is 5.78 Å². The van der Waals surface area contributed by atoms with E-state index in [1.165, 1.54) is 0 Å². The monoisotopic (exact) mass is 218 g/mol. The van der Waals surface area contributed by atoms with Crippen molar-refractivity contribution in [3.05, 3.63) is 29.3 Å². The van der Waals surface area contributed by atoms with Crippen LogP contribution in [0.5, 0.6) is 5.75 Å². The molecule has 2 rings (SSSR count). The third-order valence-corrected chi connectivity index (χ3v) is 3.09. The Hall–Kier alpha value is -1.31.